The second-order valence-corrected chi connectivity index (χ2v) is 5.60. The zero-order valence-corrected chi connectivity index (χ0v) is 12.0. The second-order valence-electron chi connectivity index (χ2n) is 5.60. The molecule has 102 valence electrons. The number of nitrogens with one attached hydrogen (secondary N) is 1. The van der Waals surface area contributed by atoms with Gasteiger partial charge in [-0.3, -0.25) is 0 Å². The Labute approximate surface area is 108 Å². The van der Waals surface area contributed by atoms with Gasteiger partial charge in [-0.25, -0.2) is 0 Å². The average Bonchev–Trinajstić information content (AvgIpc) is 2.33. The fourth-order valence-electron chi connectivity index (χ4n) is 2.66. The molecule has 1 rings (SSSR count). The Hall–Kier alpha value is -0.0800. The molecule has 1 N–H and O–H groups in total. The third kappa shape index (κ3) is 5.87. The molecule has 2 nitrogen and oxygen atoms in total. The molecule has 0 aliphatic heterocycles. The molecule has 2 heteroatoms. The molecule has 0 amide bonds. The highest BCUT2D eigenvalue weighted by molar-refractivity contribution is 4.84. The number of hydrogen-bond donors (Lipinski definition) is 1. The minimum absolute atomic E-state index is 0.460. The van der Waals surface area contributed by atoms with Gasteiger partial charge in [0, 0.05) is 12.6 Å². The molecule has 0 aromatic carbocycles. The van der Waals surface area contributed by atoms with Gasteiger partial charge >= 0.3 is 0 Å². The molecular formula is C15H31NO. The van der Waals surface area contributed by atoms with Gasteiger partial charge in [0.2, 0.25) is 0 Å². The number of ether oxygens (including phenoxy) is 1. The van der Waals surface area contributed by atoms with Gasteiger partial charge in [0.05, 0.1) is 6.10 Å². The number of rotatable bonds is 8. The van der Waals surface area contributed by atoms with E-state index >= 15 is 0 Å². The van der Waals surface area contributed by atoms with E-state index in [0.29, 0.717) is 12.1 Å². The minimum Gasteiger partial charge on any atom is -0.377 e. The van der Waals surface area contributed by atoms with E-state index in [-0.39, 0.29) is 0 Å². The molecule has 0 aromatic rings. The van der Waals surface area contributed by atoms with Crippen molar-refractivity contribution >= 4 is 0 Å². The maximum absolute atomic E-state index is 6.10. The first-order chi connectivity index (χ1) is 8.27. The molecule has 1 aliphatic carbocycles. The highest BCUT2D eigenvalue weighted by Gasteiger charge is 2.28. The van der Waals surface area contributed by atoms with Crippen molar-refractivity contribution in [1.82, 2.24) is 5.32 Å². The lowest BCUT2D eigenvalue weighted by Crippen LogP contribution is -2.45. The van der Waals surface area contributed by atoms with E-state index in [4.69, 9.17) is 4.74 Å². The normalized spacial score (nSPS) is 29.5. The van der Waals surface area contributed by atoms with Gasteiger partial charge in [-0.1, -0.05) is 33.6 Å². The van der Waals surface area contributed by atoms with Gasteiger partial charge in [0.1, 0.15) is 0 Å². The van der Waals surface area contributed by atoms with Crippen LogP contribution in [0.1, 0.15) is 65.7 Å². The van der Waals surface area contributed by atoms with Crippen molar-refractivity contribution in [2.75, 3.05) is 13.2 Å². The van der Waals surface area contributed by atoms with Crippen LogP contribution in [0.4, 0.5) is 0 Å². The molecule has 3 unspecified atom stereocenters. The van der Waals surface area contributed by atoms with E-state index in [1.165, 1.54) is 44.9 Å². The predicted molar refractivity (Wildman–Crippen MR) is 74.4 cm³/mol. The summed E-state index contributed by atoms with van der Waals surface area (Å²) in [5.41, 5.74) is 0. The smallest absolute Gasteiger partial charge is 0.0730 e. The monoisotopic (exact) mass is 241 g/mol. The summed E-state index contributed by atoms with van der Waals surface area (Å²) in [6.07, 6.45) is 9.37. The summed E-state index contributed by atoms with van der Waals surface area (Å²) in [5, 5.41) is 3.66. The zero-order valence-electron chi connectivity index (χ0n) is 12.0. The van der Waals surface area contributed by atoms with Crippen LogP contribution in [-0.2, 0) is 4.74 Å². The van der Waals surface area contributed by atoms with Crippen LogP contribution in [0.25, 0.3) is 0 Å². The SMILES string of the molecule is CCCCCOC1CC(C)CCC1NCCC. The van der Waals surface area contributed by atoms with Gasteiger partial charge in [0.25, 0.3) is 0 Å². The van der Waals surface area contributed by atoms with Crippen molar-refractivity contribution in [3.8, 4) is 0 Å². The molecule has 0 aromatic heterocycles. The third-order valence-electron chi connectivity index (χ3n) is 3.79. The Morgan fingerprint density at radius 3 is 2.65 bits per heavy atom. The highest BCUT2D eigenvalue weighted by atomic mass is 16.5. The van der Waals surface area contributed by atoms with Crippen LogP contribution < -0.4 is 5.32 Å². The summed E-state index contributed by atoms with van der Waals surface area (Å²) in [6.45, 7) is 8.92. The Morgan fingerprint density at radius 1 is 1.12 bits per heavy atom. The molecule has 3 atom stereocenters. The topological polar surface area (TPSA) is 21.3 Å². The van der Waals surface area contributed by atoms with Crippen molar-refractivity contribution in [2.24, 2.45) is 5.92 Å². The van der Waals surface area contributed by atoms with Gasteiger partial charge in [-0.15, -0.1) is 0 Å². The van der Waals surface area contributed by atoms with Crippen molar-refractivity contribution in [3.05, 3.63) is 0 Å². The molecule has 1 fully saturated rings. The van der Waals surface area contributed by atoms with Crippen LogP contribution in [0.2, 0.25) is 0 Å². The standard InChI is InChI=1S/C15H31NO/c1-4-6-7-11-17-15-12-13(3)8-9-14(15)16-10-5-2/h13-16H,4-12H2,1-3H3. The van der Waals surface area contributed by atoms with E-state index in [0.717, 1.165) is 19.1 Å². The summed E-state index contributed by atoms with van der Waals surface area (Å²) < 4.78 is 6.10. The summed E-state index contributed by atoms with van der Waals surface area (Å²) in [5.74, 6) is 0.839. The lowest BCUT2D eigenvalue weighted by atomic mass is 9.85. The summed E-state index contributed by atoms with van der Waals surface area (Å²) in [4.78, 5) is 0. The number of unbranched alkanes of at least 4 members (excludes halogenated alkanes) is 2. The molecule has 0 bridgehead atoms. The van der Waals surface area contributed by atoms with E-state index in [1.807, 2.05) is 0 Å². The first-order valence-corrected chi connectivity index (χ1v) is 7.62. The quantitative estimate of drug-likeness (QED) is 0.653. The Balaban J connectivity index is 2.27. The molecule has 1 saturated carbocycles. The minimum atomic E-state index is 0.460. The molecule has 1 aliphatic rings. The molecular weight excluding hydrogens is 210 g/mol. The Kier molecular flexibility index (Phi) is 7.87. The van der Waals surface area contributed by atoms with Crippen LogP contribution in [0.3, 0.4) is 0 Å². The first-order valence-electron chi connectivity index (χ1n) is 7.62. The average molecular weight is 241 g/mol. The van der Waals surface area contributed by atoms with Gasteiger partial charge in [0.15, 0.2) is 0 Å². The van der Waals surface area contributed by atoms with Crippen LogP contribution in [0, 0.1) is 5.92 Å². The zero-order chi connectivity index (χ0) is 12.5. The lowest BCUT2D eigenvalue weighted by Gasteiger charge is -2.35. The molecule has 0 radical (unpaired) electrons. The molecule has 0 heterocycles. The predicted octanol–water partition coefficient (Wildman–Crippen LogP) is 3.75. The second kappa shape index (κ2) is 8.93. The van der Waals surface area contributed by atoms with Gasteiger partial charge in [-0.2, -0.15) is 0 Å². The van der Waals surface area contributed by atoms with E-state index in [2.05, 4.69) is 26.1 Å². The summed E-state index contributed by atoms with van der Waals surface area (Å²) >= 11 is 0. The first kappa shape index (κ1) is 15.0. The fraction of sp³-hybridized carbons (Fsp3) is 1.00. The van der Waals surface area contributed by atoms with Crippen molar-refractivity contribution in [3.63, 3.8) is 0 Å². The number of hydrogen-bond acceptors (Lipinski definition) is 2. The van der Waals surface area contributed by atoms with E-state index in [9.17, 15) is 0 Å². The van der Waals surface area contributed by atoms with Crippen LogP contribution in [-0.4, -0.2) is 25.3 Å². The Morgan fingerprint density at radius 2 is 1.94 bits per heavy atom. The molecule has 0 saturated heterocycles. The maximum atomic E-state index is 6.10. The molecule has 0 spiro atoms. The third-order valence-corrected chi connectivity index (χ3v) is 3.79. The van der Waals surface area contributed by atoms with Crippen molar-refractivity contribution in [1.29, 1.82) is 0 Å². The molecule has 17 heavy (non-hydrogen) atoms. The fourth-order valence-corrected chi connectivity index (χ4v) is 2.66. The summed E-state index contributed by atoms with van der Waals surface area (Å²) in [7, 11) is 0. The highest BCUT2D eigenvalue weighted by Crippen LogP contribution is 2.26. The van der Waals surface area contributed by atoms with Gasteiger partial charge < -0.3 is 10.1 Å². The Bertz CT molecular complexity index is 182. The van der Waals surface area contributed by atoms with Crippen LogP contribution in [0.15, 0.2) is 0 Å². The van der Waals surface area contributed by atoms with Crippen molar-refractivity contribution in [2.45, 2.75) is 77.9 Å². The maximum Gasteiger partial charge on any atom is 0.0730 e. The van der Waals surface area contributed by atoms with E-state index in [1.54, 1.807) is 0 Å². The van der Waals surface area contributed by atoms with E-state index < -0.39 is 0 Å². The lowest BCUT2D eigenvalue weighted by molar-refractivity contribution is -0.00890. The largest absolute Gasteiger partial charge is 0.377 e. The summed E-state index contributed by atoms with van der Waals surface area (Å²) in [6, 6.07) is 0.604. The van der Waals surface area contributed by atoms with Gasteiger partial charge in [-0.05, 0) is 44.6 Å². The van der Waals surface area contributed by atoms with Crippen LogP contribution >= 0.6 is 0 Å². The van der Waals surface area contributed by atoms with Crippen LogP contribution in [0.5, 0.6) is 0 Å². The van der Waals surface area contributed by atoms with Crippen molar-refractivity contribution < 1.29 is 4.74 Å².